The number of aliphatic hydroxyl groups is 1. The molecule has 0 unspecified atom stereocenters. The van der Waals surface area contributed by atoms with Crippen molar-refractivity contribution in [3.8, 4) is 0 Å². The molecule has 1 aromatic carbocycles. The lowest BCUT2D eigenvalue weighted by Gasteiger charge is -2.08. The Morgan fingerprint density at radius 2 is 2.15 bits per heavy atom. The van der Waals surface area contributed by atoms with Crippen molar-refractivity contribution in [2.45, 2.75) is 0 Å². The van der Waals surface area contributed by atoms with Gasteiger partial charge in [0.15, 0.2) is 0 Å². The highest BCUT2D eigenvalue weighted by molar-refractivity contribution is 5.96. The van der Waals surface area contributed by atoms with Gasteiger partial charge in [-0.25, -0.2) is 14.8 Å². The first-order valence-electron chi connectivity index (χ1n) is 6.13. The van der Waals surface area contributed by atoms with Crippen LogP contribution >= 0.6 is 0 Å². The van der Waals surface area contributed by atoms with E-state index in [0.717, 1.165) is 5.39 Å². The molecule has 0 amide bonds. The predicted molar refractivity (Wildman–Crippen MR) is 72.9 cm³/mol. The summed E-state index contributed by atoms with van der Waals surface area (Å²) in [7, 11) is 0. The maximum absolute atomic E-state index is 10.9. The van der Waals surface area contributed by atoms with E-state index >= 15 is 0 Å². The molecule has 0 aliphatic rings. The number of ether oxygens (including phenoxy) is 1. The maximum Gasteiger partial charge on any atom is 0.335 e. The molecule has 0 saturated carbocycles. The molecule has 0 aliphatic heterocycles. The zero-order chi connectivity index (χ0) is 14.4. The highest BCUT2D eigenvalue weighted by atomic mass is 16.5. The molecule has 2 aromatic rings. The van der Waals surface area contributed by atoms with Gasteiger partial charge in [0, 0.05) is 11.9 Å². The summed E-state index contributed by atoms with van der Waals surface area (Å²) in [5.41, 5.74) is 0.757. The first kappa shape index (κ1) is 14.2. The van der Waals surface area contributed by atoms with E-state index in [1.54, 1.807) is 6.07 Å². The molecule has 0 aliphatic carbocycles. The largest absolute Gasteiger partial charge is 0.478 e. The lowest BCUT2D eigenvalue weighted by molar-refractivity contribution is 0.0697. The number of aromatic carboxylic acids is 1. The third-order valence-corrected chi connectivity index (χ3v) is 2.66. The standard InChI is InChI=1S/C13H15N3O4/c17-4-6-20-5-3-14-12-10-2-1-9(13(18)19)7-11(10)15-8-16-12/h1-2,7-8,17H,3-6H2,(H,18,19)(H,14,15,16). The van der Waals surface area contributed by atoms with Crippen LogP contribution in [0.25, 0.3) is 10.9 Å². The minimum atomic E-state index is -0.988. The van der Waals surface area contributed by atoms with E-state index in [4.69, 9.17) is 14.9 Å². The quantitative estimate of drug-likeness (QED) is 0.641. The zero-order valence-corrected chi connectivity index (χ0v) is 10.7. The number of nitrogens with zero attached hydrogens (tertiary/aromatic N) is 2. The summed E-state index contributed by atoms with van der Waals surface area (Å²) in [5.74, 6) is -0.364. The molecule has 1 aromatic heterocycles. The Kier molecular flexibility index (Phi) is 4.80. The second-order valence-electron chi connectivity index (χ2n) is 4.02. The molecule has 106 valence electrons. The summed E-state index contributed by atoms with van der Waals surface area (Å²) in [4.78, 5) is 19.1. The van der Waals surface area contributed by atoms with Gasteiger partial charge in [-0.05, 0) is 18.2 Å². The molecule has 0 atom stereocenters. The number of anilines is 1. The van der Waals surface area contributed by atoms with E-state index in [1.807, 2.05) is 0 Å². The monoisotopic (exact) mass is 277 g/mol. The van der Waals surface area contributed by atoms with Crippen LogP contribution < -0.4 is 5.32 Å². The normalized spacial score (nSPS) is 10.7. The van der Waals surface area contributed by atoms with Gasteiger partial charge < -0.3 is 20.3 Å². The van der Waals surface area contributed by atoms with Crippen LogP contribution in [0.4, 0.5) is 5.82 Å². The minimum Gasteiger partial charge on any atom is -0.478 e. The molecule has 0 spiro atoms. The molecule has 3 N–H and O–H groups in total. The van der Waals surface area contributed by atoms with E-state index < -0.39 is 5.97 Å². The van der Waals surface area contributed by atoms with Gasteiger partial charge in [0.2, 0.25) is 0 Å². The summed E-state index contributed by atoms with van der Waals surface area (Å²) in [6.07, 6.45) is 1.38. The van der Waals surface area contributed by atoms with Crippen molar-refractivity contribution < 1.29 is 19.7 Å². The van der Waals surface area contributed by atoms with E-state index in [1.165, 1.54) is 18.5 Å². The number of carboxylic acid groups (broad SMARTS) is 1. The van der Waals surface area contributed by atoms with E-state index in [2.05, 4.69) is 15.3 Å². The summed E-state index contributed by atoms with van der Waals surface area (Å²) in [6, 6.07) is 4.70. The number of carboxylic acids is 1. The summed E-state index contributed by atoms with van der Waals surface area (Å²) < 4.78 is 5.13. The summed E-state index contributed by atoms with van der Waals surface area (Å²) in [6.45, 7) is 1.27. The number of aliphatic hydroxyl groups excluding tert-OH is 1. The number of fused-ring (bicyclic) bond motifs is 1. The lowest BCUT2D eigenvalue weighted by atomic mass is 10.1. The fraction of sp³-hybridized carbons (Fsp3) is 0.308. The fourth-order valence-electron chi connectivity index (χ4n) is 1.74. The second-order valence-corrected chi connectivity index (χ2v) is 4.02. The molecule has 0 saturated heterocycles. The van der Waals surface area contributed by atoms with Gasteiger partial charge in [-0.3, -0.25) is 0 Å². The van der Waals surface area contributed by atoms with Crippen molar-refractivity contribution in [1.29, 1.82) is 0 Å². The van der Waals surface area contributed by atoms with Crippen LogP contribution in [0.5, 0.6) is 0 Å². The third kappa shape index (κ3) is 3.40. The van der Waals surface area contributed by atoms with Crippen LogP contribution in [0.2, 0.25) is 0 Å². The van der Waals surface area contributed by atoms with Crippen molar-refractivity contribution in [3.63, 3.8) is 0 Å². The van der Waals surface area contributed by atoms with Crippen LogP contribution in [-0.2, 0) is 4.74 Å². The van der Waals surface area contributed by atoms with Crippen molar-refractivity contribution in [1.82, 2.24) is 9.97 Å². The van der Waals surface area contributed by atoms with Crippen molar-refractivity contribution in [2.24, 2.45) is 0 Å². The van der Waals surface area contributed by atoms with Gasteiger partial charge in [0.05, 0.1) is 30.9 Å². The van der Waals surface area contributed by atoms with Crippen LogP contribution in [0.15, 0.2) is 24.5 Å². The van der Waals surface area contributed by atoms with E-state index in [0.29, 0.717) is 31.1 Å². The van der Waals surface area contributed by atoms with Crippen molar-refractivity contribution in [2.75, 3.05) is 31.7 Å². The van der Waals surface area contributed by atoms with Crippen LogP contribution in [0.3, 0.4) is 0 Å². The zero-order valence-electron chi connectivity index (χ0n) is 10.7. The topological polar surface area (TPSA) is 105 Å². The number of hydrogen-bond acceptors (Lipinski definition) is 6. The van der Waals surface area contributed by atoms with E-state index in [-0.39, 0.29) is 12.2 Å². The Morgan fingerprint density at radius 1 is 1.30 bits per heavy atom. The Bertz CT molecular complexity index is 603. The first-order valence-corrected chi connectivity index (χ1v) is 6.13. The summed E-state index contributed by atoms with van der Waals surface area (Å²) >= 11 is 0. The lowest BCUT2D eigenvalue weighted by Crippen LogP contribution is -2.12. The highest BCUT2D eigenvalue weighted by Crippen LogP contribution is 2.20. The highest BCUT2D eigenvalue weighted by Gasteiger charge is 2.07. The van der Waals surface area contributed by atoms with Gasteiger partial charge in [-0.2, -0.15) is 0 Å². The van der Waals surface area contributed by atoms with Gasteiger partial charge in [-0.1, -0.05) is 0 Å². The summed E-state index contributed by atoms with van der Waals surface area (Å²) in [5, 5.41) is 21.4. The number of carbonyl (C=O) groups is 1. The molecule has 1 heterocycles. The number of nitrogens with one attached hydrogen (secondary N) is 1. The Balaban J connectivity index is 2.11. The van der Waals surface area contributed by atoms with Crippen LogP contribution in [0, 0.1) is 0 Å². The Labute approximate surface area is 115 Å². The first-order chi connectivity index (χ1) is 9.72. The Morgan fingerprint density at radius 3 is 2.90 bits per heavy atom. The molecular weight excluding hydrogens is 262 g/mol. The predicted octanol–water partition coefficient (Wildman–Crippen LogP) is 0.749. The van der Waals surface area contributed by atoms with Gasteiger partial charge in [0.1, 0.15) is 12.1 Å². The smallest absolute Gasteiger partial charge is 0.335 e. The SMILES string of the molecule is O=C(O)c1ccc2c(NCCOCCO)ncnc2c1. The second kappa shape index (κ2) is 6.78. The average Bonchev–Trinajstić information content (AvgIpc) is 2.46. The molecule has 2 rings (SSSR count). The number of benzene rings is 1. The molecular formula is C13H15N3O4. The fourth-order valence-corrected chi connectivity index (χ4v) is 1.74. The average molecular weight is 277 g/mol. The number of aromatic nitrogens is 2. The molecule has 7 nitrogen and oxygen atoms in total. The molecule has 0 fully saturated rings. The maximum atomic E-state index is 10.9. The third-order valence-electron chi connectivity index (χ3n) is 2.66. The molecule has 7 heteroatoms. The van der Waals surface area contributed by atoms with Crippen LogP contribution in [0.1, 0.15) is 10.4 Å². The van der Waals surface area contributed by atoms with Crippen molar-refractivity contribution in [3.05, 3.63) is 30.1 Å². The van der Waals surface area contributed by atoms with Crippen LogP contribution in [-0.4, -0.2) is 52.5 Å². The number of hydrogen-bond donors (Lipinski definition) is 3. The van der Waals surface area contributed by atoms with Gasteiger partial charge in [0.25, 0.3) is 0 Å². The minimum absolute atomic E-state index is 0.00555. The molecule has 0 radical (unpaired) electrons. The van der Waals surface area contributed by atoms with Gasteiger partial charge >= 0.3 is 5.97 Å². The Hall–Kier alpha value is -2.25. The van der Waals surface area contributed by atoms with Gasteiger partial charge in [-0.15, -0.1) is 0 Å². The van der Waals surface area contributed by atoms with Crippen molar-refractivity contribution >= 4 is 22.7 Å². The number of rotatable bonds is 7. The van der Waals surface area contributed by atoms with E-state index in [9.17, 15) is 4.79 Å². The molecule has 20 heavy (non-hydrogen) atoms. The molecule has 0 bridgehead atoms.